The molecule has 18 heavy (non-hydrogen) atoms. The first-order chi connectivity index (χ1) is 8.10. The van der Waals surface area contributed by atoms with E-state index in [2.05, 4.69) is 0 Å². The van der Waals surface area contributed by atoms with Gasteiger partial charge < -0.3 is 14.9 Å². The Bertz CT molecular complexity index is 427. The molecule has 0 fully saturated rings. The standard InChI is InChI=1S/C13H18O5/c1-8-9(10(14)15)6-5-7-13(8,11(16)17)18-12(2,3)4/h5-8H,1-4H3,(H,14,15)(H,16,17)/t8-,13?/m0/s1. The molecule has 0 saturated carbocycles. The maximum absolute atomic E-state index is 11.5. The Kier molecular flexibility index (Phi) is 3.67. The van der Waals surface area contributed by atoms with Crippen LogP contribution in [0.15, 0.2) is 23.8 Å². The Hall–Kier alpha value is -1.62. The van der Waals surface area contributed by atoms with Gasteiger partial charge in [-0.1, -0.05) is 19.1 Å². The lowest BCUT2D eigenvalue weighted by Gasteiger charge is -2.39. The van der Waals surface area contributed by atoms with Crippen LogP contribution < -0.4 is 0 Å². The third-order valence-electron chi connectivity index (χ3n) is 2.79. The summed E-state index contributed by atoms with van der Waals surface area (Å²) in [5.41, 5.74) is -2.30. The molecule has 2 N–H and O–H groups in total. The zero-order valence-corrected chi connectivity index (χ0v) is 10.9. The Morgan fingerprint density at radius 3 is 2.28 bits per heavy atom. The molecule has 100 valence electrons. The Morgan fingerprint density at radius 2 is 1.89 bits per heavy atom. The van der Waals surface area contributed by atoms with Crippen molar-refractivity contribution in [1.29, 1.82) is 0 Å². The van der Waals surface area contributed by atoms with E-state index in [-0.39, 0.29) is 5.57 Å². The van der Waals surface area contributed by atoms with E-state index in [1.807, 2.05) is 0 Å². The third kappa shape index (κ3) is 2.61. The number of carboxylic acid groups (broad SMARTS) is 2. The summed E-state index contributed by atoms with van der Waals surface area (Å²) in [5.74, 6) is -3.08. The molecule has 0 bridgehead atoms. The van der Waals surface area contributed by atoms with Gasteiger partial charge in [-0.05, 0) is 26.8 Å². The molecule has 1 unspecified atom stereocenters. The smallest absolute Gasteiger partial charge is 0.340 e. The van der Waals surface area contributed by atoms with Gasteiger partial charge in [0.1, 0.15) is 0 Å². The van der Waals surface area contributed by atoms with Crippen LogP contribution in [0.5, 0.6) is 0 Å². The predicted octanol–water partition coefficient (Wildman–Crippen LogP) is 1.84. The molecule has 0 radical (unpaired) electrons. The summed E-state index contributed by atoms with van der Waals surface area (Å²) >= 11 is 0. The lowest BCUT2D eigenvalue weighted by molar-refractivity contribution is -0.181. The van der Waals surface area contributed by atoms with Crippen molar-refractivity contribution >= 4 is 11.9 Å². The van der Waals surface area contributed by atoms with Crippen LogP contribution in [0.3, 0.4) is 0 Å². The van der Waals surface area contributed by atoms with Crippen LogP contribution in [0.25, 0.3) is 0 Å². The highest BCUT2D eigenvalue weighted by molar-refractivity contribution is 5.92. The lowest BCUT2D eigenvalue weighted by Crippen LogP contribution is -2.52. The highest BCUT2D eigenvalue weighted by Gasteiger charge is 2.49. The lowest BCUT2D eigenvalue weighted by atomic mass is 9.79. The van der Waals surface area contributed by atoms with Crippen molar-refractivity contribution in [3.63, 3.8) is 0 Å². The van der Waals surface area contributed by atoms with Gasteiger partial charge in [-0.3, -0.25) is 0 Å². The number of aliphatic carboxylic acids is 2. The minimum atomic E-state index is -1.64. The monoisotopic (exact) mass is 254 g/mol. The molecule has 2 atom stereocenters. The van der Waals surface area contributed by atoms with E-state index in [4.69, 9.17) is 9.84 Å². The van der Waals surface area contributed by atoms with Crippen LogP contribution in [0.1, 0.15) is 27.7 Å². The molecule has 1 rings (SSSR count). The zero-order valence-electron chi connectivity index (χ0n) is 10.9. The van der Waals surface area contributed by atoms with Gasteiger partial charge in [-0.25, -0.2) is 9.59 Å². The molecule has 0 aromatic rings. The number of allylic oxidation sites excluding steroid dienone is 2. The van der Waals surface area contributed by atoms with Crippen molar-refractivity contribution < 1.29 is 24.5 Å². The number of hydrogen-bond acceptors (Lipinski definition) is 3. The van der Waals surface area contributed by atoms with Gasteiger partial charge in [-0.15, -0.1) is 0 Å². The minimum Gasteiger partial charge on any atom is -0.479 e. The Labute approximate surface area is 106 Å². The van der Waals surface area contributed by atoms with Crippen LogP contribution in [-0.2, 0) is 14.3 Å². The summed E-state index contributed by atoms with van der Waals surface area (Å²) in [7, 11) is 0. The van der Waals surface area contributed by atoms with Gasteiger partial charge in [-0.2, -0.15) is 0 Å². The third-order valence-corrected chi connectivity index (χ3v) is 2.79. The first-order valence-corrected chi connectivity index (χ1v) is 5.66. The molecule has 0 saturated heterocycles. The molecule has 0 aromatic heterocycles. The molecule has 1 aliphatic carbocycles. The van der Waals surface area contributed by atoms with Gasteiger partial charge in [0.05, 0.1) is 5.60 Å². The molecule has 0 aromatic carbocycles. The summed E-state index contributed by atoms with van der Waals surface area (Å²) < 4.78 is 5.63. The van der Waals surface area contributed by atoms with Crippen LogP contribution in [0, 0.1) is 5.92 Å². The summed E-state index contributed by atoms with van der Waals surface area (Å²) in [6.45, 7) is 6.74. The quantitative estimate of drug-likeness (QED) is 0.802. The van der Waals surface area contributed by atoms with Gasteiger partial charge >= 0.3 is 11.9 Å². The molecular formula is C13H18O5. The van der Waals surface area contributed by atoms with Crippen molar-refractivity contribution in [2.24, 2.45) is 5.92 Å². The first-order valence-electron chi connectivity index (χ1n) is 5.66. The van der Waals surface area contributed by atoms with Crippen LogP contribution in [0.2, 0.25) is 0 Å². The van der Waals surface area contributed by atoms with Crippen molar-refractivity contribution in [2.75, 3.05) is 0 Å². The molecule has 5 heteroatoms. The second kappa shape index (κ2) is 4.57. The van der Waals surface area contributed by atoms with Gasteiger partial charge in [0.15, 0.2) is 5.60 Å². The summed E-state index contributed by atoms with van der Waals surface area (Å²) in [5, 5.41) is 18.5. The fourth-order valence-electron chi connectivity index (χ4n) is 2.00. The number of rotatable bonds is 3. The van der Waals surface area contributed by atoms with E-state index < -0.39 is 29.1 Å². The second-order valence-electron chi connectivity index (χ2n) is 5.32. The topological polar surface area (TPSA) is 83.8 Å². The van der Waals surface area contributed by atoms with E-state index in [1.165, 1.54) is 18.2 Å². The van der Waals surface area contributed by atoms with Gasteiger partial charge in [0, 0.05) is 11.5 Å². The Balaban J connectivity index is 3.23. The molecular weight excluding hydrogens is 236 g/mol. The molecule has 0 aliphatic heterocycles. The van der Waals surface area contributed by atoms with Crippen molar-refractivity contribution in [2.45, 2.75) is 38.9 Å². The minimum absolute atomic E-state index is 0.0316. The summed E-state index contributed by atoms with van der Waals surface area (Å²) in [6, 6.07) is 0. The number of ether oxygens (including phenoxy) is 1. The fraction of sp³-hybridized carbons (Fsp3) is 0.538. The summed E-state index contributed by atoms with van der Waals surface area (Å²) in [4.78, 5) is 22.6. The number of carbonyl (C=O) groups is 2. The van der Waals surface area contributed by atoms with E-state index in [0.29, 0.717) is 0 Å². The Morgan fingerprint density at radius 1 is 1.33 bits per heavy atom. The number of carboxylic acids is 2. The van der Waals surface area contributed by atoms with Gasteiger partial charge in [0.25, 0.3) is 0 Å². The summed E-state index contributed by atoms with van der Waals surface area (Å²) in [6.07, 6.45) is 4.22. The highest BCUT2D eigenvalue weighted by Crippen LogP contribution is 2.36. The number of hydrogen-bond donors (Lipinski definition) is 2. The first kappa shape index (κ1) is 14.4. The molecule has 5 nitrogen and oxygen atoms in total. The van der Waals surface area contributed by atoms with Crippen LogP contribution in [0.4, 0.5) is 0 Å². The largest absolute Gasteiger partial charge is 0.479 e. The highest BCUT2D eigenvalue weighted by atomic mass is 16.5. The average Bonchev–Trinajstić information content (AvgIpc) is 2.18. The second-order valence-corrected chi connectivity index (χ2v) is 5.32. The van der Waals surface area contributed by atoms with E-state index in [9.17, 15) is 14.7 Å². The maximum Gasteiger partial charge on any atom is 0.340 e. The SMILES string of the molecule is C[C@H]1C(C(=O)O)=CC=CC1(OC(C)(C)C)C(=O)O. The molecule has 0 heterocycles. The maximum atomic E-state index is 11.5. The van der Waals surface area contributed by atoms with Crippen molar-refractivity contribution in [3.05, 3.63) is 23.8 Å². The normalized spacial score (nSPS) is 27.8. The van der Waals surface area contributed by atoms with E-state index >= 15 is 0 Å². The van der Waals surface area contributed by atoms with Crippen LogP contribution in [-0.4, -0.2) is 33.4 Å². The average molecular weight is 254 g/mol. The van der Waals surface area contributed by atoms with E-state index in [0.717, 1.165) is 0 Å². The fourth-order valence-corrected chi connectivity index (χ4v) is 2.00. The molecule has 1 aliphatic rings. The zero-order chi connectivity index (χ0) is 14.1. The van der Waals surface area contributed by atoms with Gasteiger partial charge in [0.2, 0.25) is 0 Å². The van der Waals surface area contributed by atoms with Crippen molar-refractivity contribution in [1.82, 2.24) is 0 Å². The molecule has 0 spiro atoms. The van der Waals surface area contributed by atoms with E-state index in [1.54, 1.807) is 27.7 Å². The molecule has 0 amide bonds. The predicted molar refractivity (Wildman–Crippen MR) is 65.2 cm³/mol. The van der Waals surface area contributed by atoms with Crippen LogP contribution >= 0.6 is 0 Å². The van der Waals surface area contributed by atoms with Crippen molar-refractivity contribution in [3.8, 4) is 0 Å².